The van der Waals surface area contributed by atoms with Gasteiger partial charge in [-0.3, -0.25) is 0 Å². The van der Waals surface area contributed by atoms with Crippen molar-refractivity contribution in [2.75, 3.05) is 26.3 Å². The summed E-state index contributed by atoms with van der Waals surface area (Å²) in [5.74, 6) is 0.948. The molecule has 0 aliphatic carbocycles. The lowest BCUT2D eigenvalue weighted by molar-refractivity contribution is 0.132. The van der Waals surface area contributed by atoms with Crippen molar-refractivity contribution in [3.05, 3.63) is 60.7 Å². The van der Waals surface area contributed by atoms with Gasteiger partial charge in [0, 0.05) is 13.1 Å². The highest BCUT2D eigenvalue weighted by Gasteiger charge is 2.04. The first-order chi connectivity index (χ1) is 12.2. The van der Waals surface area contributed by atoms with Crippen molar-refractivity contribution in [3.63, 3.8) is 0 Å². The van der Waals surface area contributed by atoms with E-state index in [-0.39, 0.29) is 0 Å². The van der Waals surface area contributed by atoms with Crippen LogP contribution < -0.4 is 20.1 Å². The van der Waals surface area contributed by atoms with Crippen LogP contribution in [0, 0.1) is 0 Å². The zero-order valence-corrected chi connectivity index (χ0v) is 13.6. The number of ether oxygens (including phenoxy) is 3. The Morgan fingerprint density at radius 1 is 0.680 bits per heavy atom. The first-order valence-corrected chi connectivity index (χ1v) is 7.83. The van der Waals surface area contributed by atoms with Gasteiger partial charge in [0.2, 0.25) is 0 Å². The second-order valence-electron chi connectivity index (χ2n) is 4.87. The van der Waals surface area contributed by atoms with Gasteiger partial charge in [0.1, 0.15) is 11.5 Å². The maximum atomic E-state index is 11.5. The number of carbonyl (C=O) groups is 2. The Kier molecular flexibility index (Phi) is 7.80. The van der Waals surface area contributed by atoms with Crippen molar-refractivity contribution < 1.29 is 23.8 Å². The van der Waals surface area contributed by atoms with Crippen LogP contribution in [0.25, 0.3) is 0 Å². The third kappa shape index (κ3) is 7.85. The fourth-order valence-electron chi connectivity index (χ4n) is 1.82. The van der Waals surface area contributed by atoms with Crippen LogP contribution in [-0.2, 0) is 4.74 Å². The quantitative estimate of drug-likeness (QED) is 0.719. The van der Waals surface area contributed by atoms with E-state index in [2.05, 4.69) is 10.6 Å². The molecule has 2 rings (SSSR count). The van der Waals surface area contributed by atoms with Gasteiger partial charge in [0.15, 0.2) is 0 Å². The lowest BCUT2D eigenvalue weighted by atomic mass is 10.3. The Balaban J connectivity index is 1.46. The Hall–Kier alpha value is -3.06. The fraction of sp³-hybridized carbons (Fsp3) is 0.222. The third-order valence-electron chi connectivity index (χ3n) is 2.94. The minimum absolute atomic E-state index is 0.305. The summed E-state index contributed by atoms with van der Waals surface area (Å²) in [4.78, 5) is 23.0. The second kappa shape index (κ2) is 10.7. The summed E-state index contributed by atoms with van der Waals surface area (Å²) in [7, 11) is 0. The van der Waals surface area contributed by atoms with Crippen LogP contribution in [0.2, 0.25) is 0 Å². The summed E-state index contributed by atoms with van der Waals surface area (Å²) in [6.45, 7) is 1.22. The van der Waals surface area contributed by atoms with Crippen LogP contribution in [0.5, 0.6) is 11.5 Å². The Morgan fingerprint density at radius 2 is 1.08 bits per heavy atom. The largest absolute Gasteiger partial charge is 0.412 e. The molecule has 0 bridgehead atoms. The van der Waals surface area contributed by atoms with E-state index in [0.29, 0.717) is 37.8 Å². The van der Waals surface area contributed by atoms with Crippen LogP contribution in [0.4, 0.5) is 9.59 Å². The van der Waals surface area contributed by atoms with E-state index in [1.54, 1.807) is 48.5 Å². The molecule has 2 aromatic carbocycles. The topological polar surface area (TPSA) is 85.9 Å². The van der Waals surface area contributed by atoms with Gasteiger partial charge in [-0.2, -0.15) is 0 Å². The molecule has 0 aromatic heterocycles. The monoisotopic (exact) mass is 344 g/mol. The first kappa shape index (κ1) is 18.3. The highest BCUT2D eigenvalue weighted by Crippen LogP contribution is 2.08. The fourth-order valence-corrected chi connectivity index (χ4v) is 1.82. The van der Waals surface area contributed by atoms with Crippen molar-refractivity contribution in [2.45, 2.75) is 0 Å². The summed E-state index contributed by atoms with van der Waals surface area (Å²) < 4.78 is 15.4. The number of nitrogens with one attached hydrogen (secondary N) is 2. The average molecular weight is 344 g/mol. The standard InChI is InChI=1S/C18H20N2O5/c21-17(24-15-7-3-1-4-8-15)19-11-13-23-14-12-20-18(22)25-16-9-5-2-6-10-16/h1-10H,11-14H2,(H,19,21)(H,20,22). The highest BCUT2D eigenvalue weighted by atomic mass is 16.6. The van der Waals surface area contributed by atoms with E-state index in [0.717, 1.165) is 0 Å². The maximum absolute atomic E-state index is 11.5. The van der Waals surface area contributed by atoms with E-state index in [9.17, 15) is 9.59 Å². The molecule has 0 aliphatic rings. The summed E-state index contributed by atoms with van der Waals surface area (Å²) in [6.07, 6.45) is -1.08. The van der Waals surface area contributed by atoms with E-state index < -0.39 is 12.2 Å². The molecule has 25 heavy (non-hydrogen) atoms. The molecule has 0 spiro atoms. The molecular weight excluding hydrogens is 324 g/mol. The molecule has 0 saturated carbocycles. The van der Waals surface area contributed by atoms with Crippen molar-refractivity contribution in [3.8, 4) is 11.5 Å². The number of hydrogen-bond acceptors (Lipinski definition) is 5. The van der Waals surface area contributed by atoms with Gasteiger partial charge < -0.3 is 24.8 Å². The van der Waals surface area contributed by atoms with Gasteiger partial charge in [-0.15, -0.1) is 0 Å². The molecular formula is C18H20N2O5. The van der Waals surface area contributed by atoms with Gasteiger partial charge in [-0.1, -0.05) is 36.4 Å². The summed E-state index contributed by atoms with van der Waals surface area (Å²) in [5, 5.41) is 5.13. The normalized spacial score (nSPS) is 9.92. The Bertz CT molecular complexity index is 592. The van der Waals surface area contributed by atoms with E-state index in [4.69, 9.17) is 14.2 Å². The molecule has 132 valence electrons. The van der Waals surface area contributed by atoms with E-state index >= 15 is 0 Å². The van der Waals surface area contributed by atoms with Crippen molar-refractivity contribution in [1.29, 1.82) is 0 Å². The Labute approximate surface area is 145 Å². The summed E-state index contributed by atoms with van der Waals surface area (Å²) in [5.41, 5.74) is 0. The minimum atomic E-state index is -0.542. The molecule has 2 N–H and O–H groups in total. The SMILES string of the molecule is O=C(NCCOCCNC(=O)Oc1ccccc1)Oc1ccccc1. The number of benzene rings is 2. The molecule has 0 fully saturated rings. The zero-order chi connectivity index (χ0) is 17.7. The van der Waals surface area contributed by atoms with Crippen LogP contribution in [0.3, 0.4) is 0 Å². The lowest BCUT2D eigenvalue weighted by Gasteiger charge is -2.08. The summed E-state index contributed by atoms with van der Waals surface area (Å²) in [6, 6.07) is 17.6. The zero-order valence-electron chi connectivity index (χ0n) is 13.6. The number of rotatable bonds is 8. The van der Waals surface area contributed by atoms with Crippen LogP contribution in [0.15, 0.2) is 60.7 Å². The average Bonchev–Trinajstić information content (AvgIpc) is 2.62. The molecule has 2 aromatic rings. The Morgan fingerprint density at radius 3 is 1.48 bits per heavy atom. The van der Waals surface area contributed by atoms with Crippen molar-refractivity contribution in [2.24, 2.45) is 0 Å². The lowest BCUT2D eigenvalue weighted by Crippen LogP contribution is -2.32. The number of amides is 2. The molecule has 0 radical (unpaired) electrons. The van der Waals surface area contributed by atoms with Gasteiger partial charge in [-0.05, 0) is 24.3 Å². The molecule has 0 atom stereocenters. The molecule has 7 nitrogen and oxygen atoms in total. The highest BCUT2D eigenvalue weighted by molar-refractivity contribution is 5.70. The number of para-hydroxylation sites is 2. The predicted octanol–water partition coefficient (Wildman–Crippen LogP) is 2.58. The van der Waals surface area contributed by atoms with E-state index in [1.165, 1.54) is 0 Å². The third-order valence-corrected chi connectivity index (χ3v) is 2.94. The molecule has 0 unspecified atom stereocenters. The first-order valence-electron chi connectivity index (χ1n) is 7.83. The molecule has 0 saturated heterocycles. The van der Waals surface area contributed by atoms with Gasteiger partial charge in [-0.25, -0.2) is 9.59 Å². The van der Waals surface area contributed by atoms with Crippen molar-refractivity contribution in [1.82, 2.24) is 10.6 Å². The van der Waals surface area contributed by atoms with Crippen molar-refractivity contribution >= 4 is 12.2 Å². The van der Waals surface area contributed by atoms with Crippen LogP contribution in [0.1, 0.15) is 0 Å². The van der Waals surface area contributed by atoms with Gasteiger partial charge in [0.05, 0.1) is 13.2 Å². The van der Waals surface area contributed by atoms with Crippen LogP contribution in [-0.4, -0.2) is 38.5 Å². The minimum Gasteiger partial charge on any atom is -0.410 e. The van der Waals surface area contributed by atoms with Gasteiger partial charge >= 0.3 is 12.2 Å². The van der Waals surface area contributed by atoms with Gasteiger partial charge in [0.25, 0.3) is 0 Å². The molecule has 0 aliphatic heterocycles. The predicted molar refractivity (Wildman–Crippen MR) is 91.8 cm³/mol. The molecule has 0 heterocycles. The molecule has 2 amide bonds. The van der Waals surface area contributed by atoms with Crippen LogP contribution >= 0.6 is 0 Å². The smallest absolute Gasteiger partial charge is 0.410 e. The maximum Gasteiger partial charge on any atom is 0.412 e. The number of carbonyl (C=O) groups excluding carboxylic acids is 2. The van der Waals surface area contributed by atoms with E-state index in [1.807, 2.05) is 12.1 Å². The second-order valence-corrected chi connectivity index (χ2v) is 4.87. The number of hydrogen-bond donors (Lipinski definition) is 2. The summed E-state index contributed by atoms with van der Waals surface area (Å²) >= 11 is 0. The molecule has 7 heteroatoms.